The van der Waals surface area contributed by atoms with Gasteiger partial charge in [-0.15, -0.1) is 0 Å². The monoisotopic (exact) mass is 222 g/mol. The molecule has 0 spiro atoms. The first-order valence-corrected chi connectivity index (χ1v) is 3.73. The van der Waals surface area contributed by atoms with Crippen LogP contribution in [0.5, 0.6) is 0 Å². The predicted molar refractivity (Wildman–Crippen MR) is 41.6 cm³/mol. The van der Waals surface area contributed by atoms with E-state index in [1.54, 1.807) is 0 Å². The number of amides is 2. The third kappa shape index (κ3) is 1.32. The van der Waals surface area contributed by atoms with Crippen LogP contribution < -0.4 is 10.6 Å². The average molecular weight is 223 g/mol. The van der Waals surface area contributed by atoms with Crippen LogP contribution in [0.3, 0.4) is 0 Å². The van der Waals surface area contributed by atoms with Gasteiger partial charge in [-0.3, -0.25) is 9.59 Å². The summed E-state index contributed by atoms with van der Waals surface area (Å²) in [6.45, 7) is 0. The second-order valence-corrected chi connectivity index (χ2v) is 2.99. The van der Waals surface area contributed by atoms with Crippen molar-refractivity contribution in [1.82, 2.24) is 10.6 Å². The molecule has 2 N–H and O–H groups in total. The number of carbonyl (C=O) groups is 2. The highest BCUT2D eigenvalue weighted by molar-refractivity contribution is 9.10. The van der Waals surface area contributed by atoms with Gasteiger partial charge in [0.05, 0.1) is 0 Å². The lowest BCUT2D eigenvalue weighted by Crippen LogP contribution is -2.56. The molecule has 0 atom stereocenters. The molecule has 0 aliphatic carbocycles. The number of hydrogen-bond acceptors (Lipinski definition) is 3. The van der Waals surface area contributed by atoms with Crippen molar-refractivity contribution in [2.45, 2.75) is 4.83 Å². The zero-order chi connectivity index (χ0) is 7.72. The molecule has 1 saturated heterocycles. The van der Waals surface area contributed by atoms with E-state index < -0.39 is 16.6 Å². The zero-order valence-electron chi connectivity index (χ0n) is 4.68. The van der Waals surface area contributed by atoms with E-state index in [9.17, 15) is 9.59 Å². The smallest absolute Gasteiger partial charge is 0.249 e. The van der Waals surface area contributed by atoms with E-state index in [1.165, 1.54) is 0 Å². The standard InChI is InChI=1S/C4H3BrN2O2S/c5-1-2(8)6-4(10)7-3(1)9/h1H,(H2,6,7,8,9,10). The summed E-state index contributed by atoms with van der Waals surface area (Å²) in [7, 11) is 0. The maximum Gasteiger partial charge on any atom is 0.249 e. The molecule has 0 saturated carbocycles. The molecule has 1 heterocycles. The Morgan fingerprint density at radius 3 is 2.10 bits per heavy atom. The quantitative estimate of drug-likeness (QED) is 0.323. The highest BCUT2D eigenvalue weighted by atomic mass is 79.9. The second kappa shape index (κ2) is 2.63. The molecule has 2 amide bonds. The number of thiocarbonyl (C=S) groups is 1. The number of alkyl halides is 1. The van der Waals surface area contributed by atoms with Gasteiger partial charge in [-0.1, -0.05) is 15.9 Å². The van der Waals surface area contributed by atoms with Gasteiger partial charge in [-0.2, -0.15) is 0 Å². The number of carbonyl (C=O) groups excluding carboxylic acids is 2. The lowest BCUT2D eigenvalue weighted by atomic mass is 10.3. The van der Waals surface area contributed by atoms with Crippen LogP contribution in [0, 0.1) is 0 Å². The summed E-state index contributed by atoms with van der Waals surface area (Å²) in [5, 5.41) is 4.61. The molecular weight excluding hydrogens is 220 g/mol. The molecular formula is C4H3BrN2O2S. The third-order valence-corrected chi connectivity index (χ3v) is 1.97. The van der Waals surface area contributed by atoms with Crippen molar-refractivity contribution < 1.29 is 9.59 Å². The maximum absolute atomic E-state index is 10.7. The van der Waals surface area contributed by atoms with Gasteiger partial charge in [0.1, 0.15) is 0 Å². The van der Waals surface area contributed by atoms with Gasteiger partial charge in [-0.25, -0.2) is 0 Å². The molecule has 0 aromatic heterocycles. The van der Waals surface area contributed by atoms with Gasteiger partial charge < -0.3 is 10.6 Å². The molecule has 0 bridgehead atoms. The summed E-state index contributed by atoms with van der Waals surface area (Å²) in [5.41, 5.74) is 0. The van der Waals surface area contributed by atoms with Crippen LogP contribution in [-0.4, -0.2) is 21.8 Å². The average Bonchev–Trinajstić information content (AvgIpc) is 1.82. The molecule has 6 heteroatoms. The van der Waals surface area contributed by atoms with Crippen molar-refractivity contribution in [2.24, 2.45) is 0 Å². The van der Waals surface area contributed by atoms with Crippen LogP contribution in [0.1, 0.15) is 0 Å². The van der Waals surface area contributed by atoms with Gasteiger partial charge in [0, 0.05) is 0 Å². The molecule has 0 aromatic rings. The molecule has 1 aliphatic heterocycles. The minimum Gasteiger partial charge on any atom is -0.301 e. The largest absolute Gasteiger partial charge is 0.301 e. The Hall–Kier alpha value is -0.490. The van der Waals surface area contributed by atoms with Crippen molar-refractivity contribution in [1.29, 1.82) is 0 Å². The molecule has 10 heavy (non-hydrogen) atoms. The van der Waals surface area contributed by atoms with Crippen LogP contribution in [0.25, 0.3) is 0 Å². The first kappa shape index (κ1) is 7.62. The molecule has 0 aromatic carbocycles. The van der Waals surface area contributed by atoms with E-state index in [4.69, 9.17) is 0 Å². The Morgan fingerprint density at radius 1 is 1.30 bits per heavy atom. The summed E-state index contributed by atoms with van der Waals surface area (Å²) in [6.07, 6.45) is 0. The van der Waals surface area contributed by atoms with E-state index in [1.807, 2.05) is 0 Å². The minimum absolute atomic E-state index is 0.0608. The van der Waals surface area contributed by atoms with Gasteiger partial charge in [0.15, 0.2) is 9.94 Å². The van der Waals surface area contributed by atoms with Gasteiger partial charge in [0.25, 0.3) is 0 Å². The van der Waals surface area contributed by atoms with Crippen molar-refractivity contribution in [3.63, 3.8) is 0 Å². The highest BCUT2D eigenvalue weighted by Gasteiger charge is 2.29. The third-order valence-electron chi connectivity index (χ3n) is 0.934. The number of rotatable bonds is 0. The summed E-state index contributed by atoms with van der Waals surface area (Å²) >= 11 is 7.39. The van der Waals surface area contributed by atoms with Crippen LogP contribution in [0.2, 0.25) is 0 Å². The molecule has 1 rings (SSSR count). The van der Waals surface area contributed by atoms with E-state index >= 15 is 0 Å². The van der Waals surface area contributed by atoms with Crippen molar-refractivity contribution in [3.05, 3.63) is 0 Å². The fourth-order valence-electron chi connectivity index (χ4n) is 0.501. The lowest BCUT2D eigenvalue weighted by molar-refractivity contribution is -0.128. The Balaban J connectivity index is 2.76. The molecule has 4 nitrogen and oxygen atoms in total. The lowest BCUT2D eigenvalue weighted by Gasteiger charge is -2.17. The van der Waals surface area contributed by atoms with E-state index in [0.717, 1.165) is 0 Å². The molecule has 0 radical (unpaired) electrons. The van der Waals surface area contributed by atoms with Crippen LogP contribution in [-0.2, 0) is 9.59 Å². The first-order chi connectivity index (χ1) is 4.61. The molecule has 1 aliphatic rings. The van der Waals surface area contributed by atoms with Crippen LogP contribution >= 0.6 is 28.1 Å². The predicted octanol–water partition coefficient (Wildman–Crippen LogP) is -0.719. The summed E-state index contributed by atoms with van der Waals surface area (Å²) in [5.74, 6) is -0.845. The summed E-state index contributed by atoms with van der Waals surface area (Å²) in [4.78, 5) is 20.6. The highest BCUT2D eigenvalue weighted by Crippen LogP contribution is 2.02. The Labute approximate surface area is 70.5 Å². The molecule has 0 unspecified atom stereocenters. The number of halogens is 1. The van der Waals surface area contributed by atoms with Crippen molar-refractivity contribution in [2.75, 3.05) is 0 Å². The Bertz CT molecular complexity index is 197. The van der Waals surface area contributed by atoms with Crippen LogP contribution in [0.15, 0.2) is 0 Å². The SMILES string of the molecule is O=C1NC(=S)NC(=O)C1Br. The van der Waals surface area contributed by atoms with Crippen LogP contribution in [0.4, 0.5) is 0 Å². The minimum atomic E-state index is -0.820. The fourth-order valence-corrected chi connectivity index (χ4v) is 0.931. The summed E-state index contributed by atoms with van der Waals surface area (Å²) < 4.78 is 0. The Morgan fingerprint density at radius 2 is 1.70 bits per heavy atom. The fraction of sp³-hybridized carbons (Fsp3) is 0.250. The Kier molecular flexibility index (Phi) is 2.00. The number of nitrogens with one attached hydrogen (secondary N) is 2. The number of hydrogen-bond donors (Lipinski definition) is 2. The van der Waals surface area contributed by atoms with Crippen molar-refractivity contribution >= 4 is 45.1 Å². The molecule has 54 valence electrons. The van der Waals surface area contributed by atoms with Gasteiger partial charge in [-0.05, 0) is 12.2 Å². The second-order valence-electron chi connectivity index (χ2n) is 1.67. The van der Waals surface area contributed by atoms with E-state index in [-0.39, 0.29) is 5.11 Å². The van der Waals surface area contributed by atoms with E-state index in [0.29, 0.717) is 0 Å². The van der Waals surface area contributed by atoms with Gasteiger partial charge in [0.2, 0.25) is 11.8 Å². The maximum atomic E-state index is 10.7. The summed E-state index contributed by atoms with van der Waals surface area (Å²) in [6, 6.07) is 0. The zero-order valence-corrected chi connectivity index (χ0v) is 7.08. The normalized spacial score (nSPS) is 20.3. The first-order valence-electron chi connectivity index (χ1n) is 2.41. The molecule has 1 fully saturated rings. The van der Waals surface area contributed by atoms with E-state index in [2.05, 4.69) is 38.8 Å². The van der Waals surface area contributed by atoms with Crippen molar-refractivity contribution in [3.8, 4) is 0 Å². The topological polar surface area (TPSA) is 58.2 Å². The van der Waals surface area contributed by atoms with Gasteiger partial charge >= 0.3 is 0 Å².